The van der Waals surface area contributed by atoms with Gasteiger partial charge in [0.1, 0.15) is 5.57 Å². The highest BCUT2D eigenvalue weighted by atomic mass is 32.1. The standard InChI is InChI=1S/C21H17N3O2S/c1-13-7-9-15(10-8-13)24-20(26)17(19(25)22-21(24)27)11-14-12-23(2)18-6-4-3-5-16(14)18/h3-12H,1-2H3,(H,22,25,27)/b17-11+. The van der Waals surface area contributed by atoms with E-state index in [1.807, 2.05) is 73.3 Å². The van der Waals surface area contributed by atoms with E-state index in [0.717, 1.165) is 22.0 Å². The molecule has 0 unspecified atom stereocenters. The lowest BCUT2D eigenvalue weighted by molar-refractivity contribution is -0.122. The Labute approximate surface area is 161 Å². The van der Waals surface area contributed by atoms with E-state index < -0.39 is 11.8 Å². The number of anilines is 1. The van der Waals surface area contributed by atoms with Gasteiger partial charge in [0.25, 0.3) is 11.8 Å². The average molecular weight is 375 g/mol. The Balaban J connectivity index is 1.80. The average Bonchev–Trinajstić information content (AvgIpc) is 2.96. The van der Waals surface area contributed by atoms with Gasteiger partial charge in [-0.3, -0.25) is 19.8 Å². The predicted octanol–water partition coefficient (Wildman–Crippen LogP) is 3.32. The number of hydrogen-bond donors (Lipinski definition) is 1. The van der Waals surface area contributed by atoms with E-state index in [1.165, 1.54) is 4.90 Å². The molecule has 1 fully saturated rings. The van der Waals surface area contributed by atoms with Gasteiger partial charge in [-0.1, -0.05) is 35.9 Å². The van der Waals surface area contributed by atoms with Crippen molar-refractivity contribution in [2.24, 2.45) is 7.05 Å². The summed E-state index contributed by atoms with van der Waals surface area (Å²) in [4.78, 5) is 26.9. The van der Waals surface area contributed by atoms with Crippen LogP contribution in [0.4, 0.5) is 5.69 Å². The number of aromatic nitrogens is 1. The van der Waals surface area contributed by atoms with Crippen LogP contribution < -0.4 is 10.2 Å². The van der Waals surface area contributed by atoms with E-state index in [-0.39, 0.29) is 10.7 Å². The number of fused-ring (bicyclic) bond motifs is 1. The second-order valence-electron chi connectivity index (χ2n) is 6.51. The molecule has 0 atom stereocenters. The van der Waals surface area contributed by atoms with Crippen LogP contribution >= 0.6 is 12.2 Å². The molecule has 4 rings (SSSR count). The van der Waals surface area contributed by atoms with Gasteiger partial charge in [-0.2, -0.15) is 0 Å². The molecule has 0 aliphatic carbocycles. The summed E-state index contributed by atoms with van der Waals surface area (Å²) in [5.74, 6) is -0.915. The summed E-state index contributed by atoms with van der Waals surface area (Å²) in [6.45, 7) is 1.97. The Morgan fingerprint density at radius 1 is 1.04 bits per heavy atom. The summed E-state index contributed by atoms with van der Waals surface area (Å²) in [5, 5.41) is 3.68. The summed E-state index contributed by atoms with van der Waals surface area (Å²) >= 11 is 5.24. The molecule has 5 nitrogen and oxygen atoms in total. The molecule has 0 spiro atoms. The Bertz CT molecular complexity index is 1130. The number of carbonyl (C=O) groups excluding carboxylic acids is 2. The van der Waals surface area contributed by atoms with Gasteiger partial charge in [0.2, 0.25) is 0 Å². The van der Waals surface area contributed by atoms with Gasteiger partial charge in [-0.25, -0.2) is 0 Å². The number of carbonyl (C=O) groups is 2. The van der Waals surface area contributed by atoms with Crippen molar-refractivity contribution < 1.29 is 9.59 Å². The summed E-state index contributed by atoms with van der Waals surface area (Å²) < 4.78 is 1.97. The summed E-state index contributed by atoms with van der Waals surface area (Å²) in [5.41, 5.74) is 3.59. The number of benzene rings is 2. The number of rotatable bonds is 2. The van der Waals surface area contributed by atoms with Crippen LogP contribution in [0.3, 0.4) is 0 Å². The van der Waals surface area contributed by atoms with Gasteiger partial charge >= 0.3 is 0 Å². The van der Waals surface area contributed by atoms with Crippen molar-refractivity contribution in [3.8, 4) is 0 Å². The van der Waals surface area contributed by atoms with Gasteiger partial charge in [-0.15, -0.1) is 0 Å². The molecule has 1 N–H and O–H groups in total. The van der Waals surface area contributed by atoms with Gasteiger partial charge in [0.05, 0.1) is 5.69 Å². The maximum atomic E-state index is 13.1. The molecule has 1 aliphatic heterocycles. The van der Waals surface area contributed by atoms with Crippen LogP contribution in [0.2, 0.25) is 0 Å². The van der Waals surface area contributed by atoms with E-state index in [4.69, 9.17) is 12.2 Å². The zero-order valence-electron chi connectivity index (χ0n) is 14.9. The Hall–Kier alpha value is -3.25. The fourth-order valence-corrected chi connectivity index (χ4v) is 3.51. The largest absolute Gasteiger partial charge is 0.350 e. The molecule has 2 heterocycles. The first-order valence-electron chi connectivity index (χ1n) is 8.48. The number of nitrogens with one attached hydrogen (secondary N) is 1. The SMILES string of the molecule is Cc1ccc(N2C(=O)/C(=C/c3cn(C)c4ccccc34)C(=O)NC2=S)cc1. The van der Waals surface area contributed by atoms with E-state index in [0.29, 0.717) is 5.69 Å². The molecule has 0 radical (unpaired) electrons. The van der Waals surface area contributed by atoms with Crippen LogP contribution in [-0.2, 0) is 16.6 Å². The van der Waals surface area contributed by atoms with E-state index in [9.17, 15) is 9.59 Å². The maximum Gasteiger partial charge on any atom is 0.270 e. The normalized spacial score (nSPS) is 16.3. The minimum absolute atomic E-state index is 0.0560. The molecule has 1 saturated heterocycles. The van der Waals surface area contributed by atoms with Gasteiger partial charge in [0.15, 0.2) is 5.11 Å². The number of thiocarbonyl (C=S) groups is 1. The summed E-state index contributed by atoms with van der Waals surface area (Å²) in [6.07, 6.45) is 3.53. The number of para-hydroxylation sites is 1. The van der Waals surface area contributed by atoms with Gasteiger partial charge in [-0.05, 0) is 43.4 Å². The third kappa shape index (κ3) is 2.94. The Morgan fingerprint density at radius 2 is 1.74 bits per heavy atom. The van der Waals surface area contributed by atoms with Crippen LogP contribution in [0.15, 0.2) is 60.3 Å². The van der Waals surface area contributed by atoms with Crippen molar-refractivity contribution in [1.29, 1.82) is 0 Å². The maximum absolute atomic E-state index is 13.1. The Kier molecular flexibility index (Phi) is 4.12. The number of amides is 2. The third-order valence-electron chi connectivity index (χ3n) is 4.62. The molecule has 2 aromatic carbocycles. The first-order chi connectivity index (χ1) is 13.0. The van der Waals surface area contributed by atoms with Crippen molar-refractivity contribution in [2.45, 2.75) is 6.92 Å². The highest BCUT2D eigenvalue weighted by molar-refractivity contribution is 7.80. The lowest BCUT2D eigenvalue weighted by atomic mass is 10.1. The quantitative estimate of drug-likeness (QED) is 0.425. The first-order valence-corrected chi connectivity index (χ1v) is 8.89. The van der Waals surface area contributed by atoms with Crippen LogP contribution in [-0.4, -0.2) is 21.5 Å². The minimum Gasteiger partial charge on any atom is -0.350 e. The zero-order valence-corrected chi connectivity index (χ0v) is 15.7. The van der Waals surface area contributed by atoms with Crippen LogP contribution in [0.1, 0.15) is 11.1 Å². The van der Waals surface area contributed by atoms with Gasteiger partial charge < -0.3 is 4.57 Å². The second-order valence-corrected chi connectivity index (χ2v) is 6.89. The monoisotopic (exact) mass is 375 g/mol. The van der Waals surface area contributed by atoms with Crippen LogP contribution in [0.5, 0.6) is 0 Å². The Morgan fingerprint density at radius 3 is 2.48 bits per heavy atom. The zero-order chi connectivity index (χ0) is 19.1. The molecule has 27 heavy (non-hydrogen) atoms. The number of hydrogen-bond acceptors (Lipinski definition) is 3. The van der Waals surface area contributed by atoms with E-state index >= 15 is 0 Å². The van der Waals surface area contributed by atoms with E-state index in [1.54, 1.807) is 6.08 Å². The molecule has 6 heteroatoms. The lowest BCUT2D eigenvalue weighted by Crippen LogP contribution is -2.54. The topological polar surface area (TPSA) is 54.3 Å². The third-order valence-corrected chi connectivity index (χ3v) is 4.91. The van der Waals surface area contributed by atoms with Crippen molar-refractivity contribution in [2.75, 3.05) is 4.90 Å². The highest BCUT2D eigenvalue weighted by Gasteiger charge is 2.34. The van der Waals surface area contributed by atoms with E-state index in [2.05, 4.69) is 5.32 Å². The van der Waals surface area contributed by atoms with Crippen molar-refractivity contribution in [1.82, 2.24) is 9.88 Å². The van der Waals surface area contributed by atoms with Crippen molar-refractivity contribution in [3.05, 3.63) is 71.4 Å². The van der Waals surface area contributed by atoms with Gasteiger partial charge in [0, 0.05) is 29.7 Å². The fourth-order valence-electron chi connectivity index (χ4n) is 3.23. The fraction of sp³-hybridized carbons (Fsp3) is 0.0952. The van der Waals surface area contributed by atoms with Crippen molar-refractivity contribution in [3.63, 3.8) is 0 Å². The molecule has 3 aromatic rings. The smallest absolute Gasteiger partial charge is 0.270 e. The van der Waals surface area contributed by atoms with Crippen molar-refractivity contribution >= 4 is 51.8 Å². The number of nitrogens with zero attached hydrogens (tertiary/aromatic N) is 2. The lowest BCUT2D eigenvalue weighted by Gasteiger charge is -2.29. The molecule has 1 aliphatic rings. The van der Waals surface area contributed by atoms with Crippen LogP contribution in [0.25, 0.3) is 17.0 Å². The highest BCUT2D eigenvalue weighted by Crippen LogP contribution is 2.26. The van der Waals surface area contributed by atoms with Crippen LogP contribution in [0, 0.1) is 6.92 Å². The molecular weight excluding hydrogens is 358 g/mol. The minimum atomic E-state index is -0.485. The second kappa shape index (κ2) is 6.48. The molecule has 0 saturated carbocycles. The summed E-state index contributed by atoms with van der Waals surface area (Å²) in [6, 6.07) is 15.3. The molecule has 2 amide bonds. The summed E-state index contributed by atoms with van der Waals surface area (Å²) in [7, 11) is 1.93. The number of aryl methyl sites for hydroxylation is 2. The predicted molar refractivity (Wildman–Crippen MR) is 110 cm³/mol. The molecule has 134 valence electrons. The molecular formula is C21H17N3O2S. The molecule has 1 aromatic heterocycles. The molecule has 0 bridgehead atoms. The first kappa shape index (κ1) is 17.2.